The first-order valence-electron chi connectivity index (χ1n) is 8.02. The van der Waals surface area contributed by atoms with Crippen molar-refractivity contribution >= 4 is 0 Å². The number of hydrogen-bond donors (Lipinski definition) is 1. The number of nitrogens with one attached hydrogen (secondary N) is 1. The van der Waals surface area contributed by atoms with E-state index in [0.717, 1.165) is 36.3 Å². The monoisotopic (exact) mass is 253 g/mol. The van der Waals surface area contributed by atoms with E-state index in [1.807, 2.05) is 7.11 Å². The predicted molar refractivity (Wildman–Crippen MR) is 76.7 cm³/mol. The van der Waals surface area contributed by atoms with Gasteiger partial charge in [-0.15, -0.1) is 0 Å². The maximum atomic E-state index is 5.26. The van der Waals surface area contributed by atoms with Gasteiger partial charge in [0.15, 0.2) is 0 Å². The van der Waals surface area contributed by atoms with Gasteiger partial charge < -0.3 is 10.1 Å². The van der Waals surface area contributed by atoms with E-state index in [2.05, 4.69) is 19.2 Å². The van der Waals surface area contributed by atoms with Gasteiger partial charge in [0, 0.05) is 19.8 Å². The molecule has 18 heavy (non-hydrogen) atoms. The normalized spacial score (nSPS) is 33.8. The van der Waals surface area contributed by atoms with Crippen LogP contribution >= 0.6 is 0 Å². The molecular formula is C16H31NO. The van der Waals surface area contributed by atoms with Crippen LogP contribution in [-0.4, -0.2) is 26.3 Å². The molecule has 0 bridgehead atoms. The molecule has 2 fully saturated rings. The van der Waals surface area contributed by atoms with Gasteiger partial charge in [-0.25, -0.2) is 0 Å². The molecule has 0 amide bonds. The van der Waals surface area contributed by atoms with Crippen molar-refractivity contribution in [3.63, 3.8) is 0 Å². The average Bonchev–Trinajstić information content (AvgIpc) is 3.11. The molecule has 2 aliphatic rings. The third-order valence-electron chi connectivity index (χ3n) is 5.16. The summed E-state index contributed by atoms with van der Waals surface area (Å²) in [6.45, 7) is 6.77. The lowest BCUT2D eigenvalue weighted by molar-refractivity contribution is 0.164. The maximum absolute atomic E-state index is 5.26. The van der Waals surface area contributed by atoms with E-state index in [9.17, 15) is 0 Å². The molecule has 2 nitrogen and oxygen atoms in total. The van der Waals surface area contributed by atoms with Crippen molar-refractivity contribution in [2.75, 3.05) is 20.3 Å². The molecule has 0 aromatic rings. The van der Waals surface area contributed by atoms with Crippen LogP contribution in [-0.2, 0) is 4.74 Å². The van der Waals surface area contributed by atoms with E-state index < -0.39 is 0 Å². The van der Waals surface area contributed by atoms with Crippen molar-refractivity contribution in [3.05, 3.63) is 0 Å². The van der Waals surface area contributed by atoms with Crippen LogP contribution < -0.4 is 5.32 Å². The first-order valence-corrected chi connectivity index (χ1v) is 8.02. The van der Waals surface area contributed by atoms with Gasteiger partial charge in [0.05, 0.1) is 0 Å². The lowest BCUT2D eigenvalue weighted by Gasteiger charge is -2.26. The second-order valence-corrected chi connectivity index (χ2v) is 6.43. The minimum Gasteiger partial charge on any atom is -0.385 e. The summed E-state index contributed by atoms with van der Waals surface area (Å²) >= 11 is 0. The Hall–Kier alpha value is -0.0800. The lowest BCUT2D eigenvalue weighted by atomic mass is 9.92. The maximum Gasteiger partial charge on any atom is 0.0465 e. The van der Waals surface area contributed by atoms with E-state index in [1.165, 1.54) is 45.1 Å². The molecule has 2 heteroatoms. The van der Waals surface area contributed by atoms with Crippen molar-refractivity contribution in [2.45, 2.75) is 58.4 Å². The molecule has 0 saturated heterocycles. The Bertz CT molecular complexity index is 231. The third-order valence-corrected chi connectivity index (χ3v) is 5.16. The predicted octanol–water partition coefficient (Wildman–Crippen LogP) is 3.46. The van der Waals surface area contributed by atoms with Crippen molar-refractivity contribution in [1.29, 1.82) is 0 Å². The number of hydrogen-bond acceptors (Lipinski definition) is 2. The summed E-state index contributed by atoms with van der Waals surface area (Å²) in [5, 5.41) is 3.84. The van der Waals surface area contributed by atoms with Crippen LogP contribution in [0, 0.1) is 23.7 Å². The molecule has 0 spiro atoms. The molecule has 0 aromatic carbocycles. The van der Waals surface area contributed by atoms with Crippen LogP contribution in [0.5, 0.6) is 0 Å². The van der Waals surface area contributed by atoms with Gasteiger partial charge >= 0.3 is 0 Å². The molecule has 4 atom stereocenters. The molecular weight excluding hydrogens is 222 g/mol. The summed E-state index contributed by atoms with van der Waals surface area (Å²) in [6.07, 6.45) is 8.39. The van der Waals surface area contributed by atoms with Crippen LogP contribution in [0.15, 0.2) is 0 Å². The van der Waals surface area contributed by atoms with Gasteiger partial charge in [0.25, 0.3) is 0 Å². The summed E-state index contributed by atoms with van der Waals surface area (Å²) in [4.78, 5) is 0. The number of rotatable bonds is 8. The van der Waals surface area contributed by atoms with E-state index in [-0.39, 0.29) is 0 Å². The highest BCUT2D eigenvalue weighted by molar-refractivity contribution is 5.05. The molecule has 0 aliphatic heterocycles. The van der Waals surface area contributed by atoms with Crippen LogP contribution in [0.3, 0.4) is 0 Å². The van der Waals surface area contributed by atoms with Crippen molar-refractivity contribution in [2.24, 2.45) is 23.7 Å². The molecule has 0 aromatic heterocycles. The van der Waals surface area contributed by atoms with Gasteiger partial charge in [0.2, 0.25) is 0 Å². The van der Waals surface area contributed by atoms with Crippen LogP contribution in [0.1, 0.15) is 52.4 Å². The second kappa shape index (κ2) is 6.91. The third kappa shape index (κ3) is 3.27. The molecule has 4 unspecified atom stereocenters. The Morgan fingerprint density at radius 2 is 1.89 bits per heavy atom. The fraction of sp³-hybridized carbons (Fsp3) is 1.00. The summed E-state index contributed by atoms with van der Waals surface area (Å²) in [5.41, 5.74) is 0. The minimum absolute atomic E-state index is 0.744. The first kappa shape index (κ1) is 14.3. The highest BCUT2D eigenvalue weighted by Crippen LogP contribution is 2.58. The molecule has 2 saturated carbocycles. The van der Waals surface area contributed by atoms with E-state index in [4.69, 9.17) is 4.74 Å². The minimum atomic E-state index is 0.744. The van der Waals surface area contributed by atoms with E-state index >= 15 is 0 Å². The number of fused-ring (bicyclic) bond motifs is 1. The molecule has 106 valence electrons. The molecule has 0 heterocycles. The Balaban J connectivity index is 1.88. The Morgan fingerprint density at radius 1 is 1.22 bits per heavy atom. The second-order valence-electron chi connectivity index (χ2n) is 6.43. The zero-order valence-corrected chi connectivity index (χ0v) is 12.5. The number of ether oxygens (including phenoxy) is 1. The Morgan fingerprint density at radius 3 is 2.44 bits per heavy atom. The fourth-order valence-corrected chi connectivity index (χ4v) is 4.09. The van der Waals surface area contributed by atoms with Crippen molar-refractivity contribution < 1.29 is 4.74 Å². The molecule has 2 aliphatic carbocycles. The first-order chi connectivity index (χ1) is 8.79. The quantitative estimate of drug-likeness (QED) is 0.715. The average molecular weight is 253 g/mol. The summed E-state index contributed by atoms with van der Waals surface area (Å²) in [5.74, 6) is 3.84. The largest absolute Gasteiger partial charge is 0.385 e. The van der Waals surface area contributed by atoms with Crippen LogP contribution in [0.4, 0.5) is 0 Å². The highest BCUT2D eigenvalue weighted by atomic mass is 16.5. The van der Waals surface area contributed by atoms with Gasteiger partial charge in [-0.3, -0.25) is 0 Å². The summed E-state index contributed by atoms with van der Waals surface area (Å²) < 4.78 is 5.26. The van der Waals surface area contributed by atoms with Crippen LogP contribution in [0.2, 0.25) is 0 Å². The highest BCUT2D eigenvalue weighted by Gasteiger charge is 2.54. The zero-order chi connectivity index (χ0) is 13.0. The molecule has 2 rings (SSSR count). The summed E-state index contributed by atoms with van der Waals surface area (Å²) in [7, 11) is 1.82. The SMILES string of the molecule is CCCNC(C(C)CCOC)C1C2CCCCC21. The Kier molecular flexibility index (Phi) is 5.50. The fourth-order valence-electron chi connectivity index (χ4n) is 4.09. The summed E-state index contributed by atoms with van der Waals surface area (Å²) in [6, 6.07) is 0.744. The van der Waals surface area contributed by atoms with Gasteiger partial charge in [-0.1, -0.05) is 26.7 Å². The van der Waals surface area contributed by atoms with Crippen molar-refractivity contribution in [3.8, 4) is 0 Å². The van der Waals surface area contributed by atoms with E-state index in [0.29, 0.717) is 0 Å². The van der Waals surface area contributed by atoms with E-state index in [1.54, 1.807) is 0 Å². The van der Waals surface area contributed by atoms with Crippen LogP contribution in [0.25, 0.3) is 0 Å². The van der Waals surface area contributed by atoms with Gasteiger partial charge in [-0.2, -0.15) is 0 Å². The molecule has 1 N–H and O–H groups in total. The zero-order valence-electron chi connectivity index (χ0n) is 12.5. The van der Waals surface area contributed by atoms with Gasteiger partial charge in [-0.05, 0) is 55.9 Å². The number of methoxy groups -OCH3 is 1. The smallest absolute Gasteiger partial charge is 0.0465 e. The lowest BCUT2D eigenvalue weighted by Crippen LogP contribution is -2.38. The topological polar surface area (TPSA) is 21.3 Å². The van der Waals surface area contributed by atoms with Gasteiger partial charge in [0.1, 0.15) is 0 Å². The standard InChI is InChI=1S/C16H31NO/c1-4-10-17-16(12(2)9-11-18-3)15-13-7-5-6-8-14(13)15/h12-17H,4-11H2,1-3H3. The molecule has 0 radical (unpaired) electrons. The van der Waals surface area contributed by atoms with Crippen molar-refractivity contribution in [1.82, 2.24) is 5.32 Å². The Labute approximate surface area is 113 Å².